The third-order valence-corrected chi connectivity index (χ3v) is 5.77. The second kappa shape index (κ2) is 8.61. The largest absolute Gasteiger partial charge is 0.345 e. The Kier molecular flexibility index (Phi) is 6.19. The van der Waals surface area contributed by atoms with Gasteiger partial charge in [-0.25, -0.2) is 4.98 Å². The third kappa shape index (κ3) is 3.83. The van der Waals surface area contributed by atoms with Crippen LogP contribution in [-0.2, 0) is 13.1 Å². The van der Waals surface area contributed by atoms with E-state index in [0.29, 0.717) is 29.1 Å². The predicted molar refractivity (Wildman–Crippen MR) is 115 cm³/mol. The molecule has 0 bridgehead atoms. The van der Waals surface area contributed by atoms with E-state index in [0.717, 1.165) is 23.4 Å². The number of Topliss-reactive ketones (excluding diaryl/α,β-unsaturated/α-hetero) is 1. The number of carbonyl (C=O) groups excluding carboxylic acids is 1. The molecule has 0 saturated carbocycles. The topological polar surface area (TPSA) is 56.9 Å². The summed E-state index contributed by atoms with van der Waals surface area (Å²) in [5.41, 5.74) is 3.32. The summed E-state index contributed by atoms with van der Waals surface area (Å²) in [6.45, 7) is 11.0. The summed E-state index contributed by atoms with van der Waals surface area (Å²) < 4.78 is 3.76. The number of hydrogen-bond acceptors (Lipinski definition) is 4. The van der Waals surface area contributed by atoms with Gasteiger partial charge in [0.25, 0.3) is 5.56 Å². The van der Waals surface area contributed by atoms with E-state index in [1.54, 1.807) is 10.6 Å². The lowest BCUT2D eigenvalue weighted by Crippen LogP contribution is -2.23. The van der Waals surface area contributed by atoms with Crippen LogP contribution in [0, 0.1) is 13.8 Å². The molecule has 2 heterocycles. The summed E-state index contributed by atoms with van der Waals surface area (Å²) >= 11 is 1.33. The van der Waals surface area contributed by atoms with E-state index >= 15 is 0 Å². The molecule has 3 rings (SSSR count). The average molecular weight is 396 g/mol. The van der Waals surface area contributed by atoms with Crippen LogP contribution in [0.2, 0.25) is 0 Å². The lowest BCUT2D eigenvalue weighted by atomic mass is 10.2. The maximum atomic E-state index is 12.9. The summed E-state index contributed by atoms with van der Waals surface area (Å²) in [6.07, 6.45) is 2.65. The minimum Gasteiger partial charge on any atom is -0.345 e. The minimum atomic E-state index is -0.0495. The van der Waals surface area contributed by atoms with Crippen LogP contribution in [0.15, 0.2) is 52.9 Å². The minimum absolute atomic E-state index is 0.0406. The van der Waals surface area contributed by atoms with E-state index in [2.05, 4.69) is 16.1 Å². The molecule has 0 aliphatic carbocycles. The number of para-hydroxylation sites is 1. The SMILES string of the molecule is C=CCn1c(C)cc(C(=O)CSc2nc3ccccc3c(=O)n2CCC)c1C. The van der Waals surface area contributed by atoms with Crippen LogP contribution in [0.5, 0.6) is 0 Å². The Labute approximate surface area is 169 Å². The molecule has 146 valence electrons. The molecule has 1 aromatic carbocycles. The van der Waals surface area contributed by atoms with Gasteiger partial charge in [0.05, 0.1) is 16.7 Å². The van der Waals surface area contributed by atoms with Crippen molar-refractivity contribution in [3.8, 4) is 0 Å². The molecule has 6 heteroatoms. The zero-order valence-corrected chi connectivity index (χ0v) is 17.4. The van der Waals surface area contributed by atoms with Crippen molar-refractivity contribution in [2.24, 2.45) is 0 Å². The molecule has 0 N–H and O–H groups in total. The summed E-state index contributed by atoms with van der Waals surface area (Å²) in [5.74, 6) is 0.284. The maximum Gasteiger partial charge on any atom is 0.262 e. The highest BCUT2D eigenvalue weighted by Gasteiger charge is 2.17. The number of carbonyl (C=O) groups is 1. The first-order valence-electron chi connectivity index (χ1n) is 9.41. The lowest BCUT2D eigenvalue weighted by Gasteiger charge is -2.12. The number of aromatic nitrogens is 3. The molecule has 0 atom stereocenters. The number of benzene rings is 1. The standard InChI is InChI=1S/C22H25N3O2S/c1-5-11-24-15(3)13-18(16(24)4)20(26)14-28-22-23-19-10-8-7-9-17(19)21(27)25(22)12-6-2/h5,7-10,13H,1,6,11-12,14H2,2-4H3. The summed E-state index contributed by atoms with van der Waals surface area (Å²) in [4.78, 5) is 30.3. The Hall–Kier alpha value is -2.60. The van der Waals surface area contributed by atoms with E-state index in [9.17, 15) is 9.59 Å². The Morgan fingerprint density at radius 2 is 2.00 bits per heavy atom. The molecular formula is C22H25N3O2S. The van der Waals surface area contributed by atoms with Crippen LogP contribution in [0.25, 0.3) is 10.9 Å². The maximum absolute atomic E-state index is 12.9. The van der Waals surface area contributed by atoms with Gasteiger partial charge in [-0.05, 0) is 38.5 Å². The number of nitrogens with zero attached hydrogens (tertiary/aromatic N) is 3. The molecule has 0 fully saturated rings. The molecule has 0 saturated heterocycles. The first-order chi connectivity index (χ1) is 13.5. The highest BCUT2D eigenvalue weighted by molar-refractivity contribution is 7.99. The van der Waals surface area contributed by atoms with Gasteiger partial charge in [0.1, 0.15) is 0 Å². The van der Waals surface area contributed by atoms with E-state index in [-0.39, 0.29) is 17.1 Å². The van der Waals surface area contributed by atoms with E-state index < -0.39 is 0 Å². The van der Waals surface area contributed by atoms with Crippen molar-refractivity contribution in [1.29, 1.82) is 0 Å². The number of aryl methyl sites for hydroxylation is 1. The summed E-state index contributed by atoms with van der Waals surface area (Å²) in [7, 11) is 0. The van der Waals surface area contributed by atoms with Crippen LogP contribution < -0.4 is 5.56 Å². The highest BCUT2D eigenvalue weighted by atomic mass is 32.2. The first kappa shape index (κ1) is 20.1. The first-order valence-corrected chi connectivity index (χ1v) is 10.4. The molecule has 28 heavy (non-hydrogen) atoms. The van der Waals surface area contributed by atoms with Crippen molar-refractivity contribution in [3.05, 3.63) is 70.3 Å². The quantitative estimate of drug-likeness (QED) is 0.246. The van der Waals surface area contributed by atoms with Gasteiger partial charge in [0.15, 0.2) is 10.9 Å². The van der Waals surface area contributed by atoms with Gasteiger partial charge in [0, 0.05) is 30.0 Å². The summed E-state index contributed by atoms with van der Waals surface area (Å²) in [6, 6.07) is 9.27. The monoisotopic (exact) mass is 395 g/mol. The fraction of sp³-hybridized carbons (Fsp3) is 0.318. The zero-order valence-electron chi connectivity index (χ0n) is 16.6. The number of thioether (sulfide) groups is 1. The smallest absolute Gasteiger partial charge is 0.262 e. The van der Waals surface area contributed by atoms with E-state index in [1.165, 1.54) is 11.8 Å². The van der Waals surface area contributed by atoms with Crippen molar-refractivity contribution in [1.82, 2.24) is 14.1 Å². The molecule has 0 amide bonds. The number of ketones is 1. The fourth-order valence-electron chi connectivity index (χ4n) is 3.38. The molecule has 5 nitrogen and oxygen atoms in total. The van der Waals surface area contributed by atoms with Gasteiger partial charge in [-0.3, -0.25) is 14.2 Å². The molecule has 3 aromatic rings. The van der Waals surface area contributed by atoms with Crippen LogP contribution in [0.1, 0.15) is 35.1 Å². The van der Waals surface area contributed by atoms with Gasteiger partial charge >= 0.3 is 0 Å². The normalized spacial score (nSPS) is 11.1. The van der Waals surface area contributed by atoms with Crippen molar-refractivity contribution >= 4 is 28.4 Å². The van der Waals surface area contributed by atoms with Crippen molar-refractivity contribution in [2.75, 3.05) is 5.75 Å². The van der Waals surface area contributed by atoms with Crippen molar-refractivity contribution in [3.63, 3.8) is 0 Å². The Morgan fingerprint density at radius 1 is 1.25 bits per heavy atom. The Morgan fingerprint density at radius 3 is 2.71 bits per heavy atom. The molecular weight excluding hydrogens is 370 g/mol. The number of allylic oxidation sites excluding steroid dienone is 1. The van der Waals surface area contributed by atoms with Crippen molar-refractivity contribution < 1.29 is 4.79 Å². The Balaban J connectivity index is 1.90. The second-order valence-electron chi connectivity index (χ2n) is 6.76. The molecule has 0 radical (unpaired) electrons. The molecule has 0 aliphatic heterocycles. The number of fused-ring (bicyclic) bond motifs is 1. The van der Waals surface area contributed by atoms with Crippen LogP contribution in [-0.4, -0.2) is 25.7 Å². The zero-order chi connectivity index (χ0) is 20.3. The second-order valence-corrected chi connectivity index (χ2v) is 7.71. The Bertz CT molecular complexity index is 1100. The van der Waals surface area contributed by atoms with Crippen molar-refractivity contribution in [2.45, 2.75) is 45.4 Å². The number of rotatable bonds is 8. The molecule has 0 aliphatic rings. The molecule has 2 aromatic heterocycles. The van der Waals surface area contributed by atoms with Crippen LogP contribution in [0.3, 0.4) is 0 Å². The lowest BCUT2D eigenvalue weighted by molar-refractivity contribution is 0.102. The van der Waals surface area contributed by atoms with Gasteiger partial charge in [-0.15, -0.1) is 6.58 Å². The number of hydrogen-bond donors (Lipinski definition) is 0. The average Bonchev–Trinajstić information content (AvgIpc) is 2.97. The molecule has 0 spiro atoms. The van der Waals surface area contributed by atoms with Gasteiger partial charge in [-0.1, -0.05) is 36.9 Å². The predicted octanol–water partition coefficient (Wildman–Crippen LogP) is 4.39. The van der Waals surface area contributed by atoms with Crippen LogP contribution >= 0.6 is 11.8 Å². The van der Waals surface area contributed by atoms with E-state index in [4.69, 9.17) is 0 Å². The highest BCUT2D eigenvalue weighted by Crippen LogP contribution is 2.22. The van der Waals surface area contributed by atoms with Gasteiger partial charge in [0.2, 0.25) is 0 Å². The third-order valence-electron chi connectivity index (χ3n) is 4.79. The fourth-order valence-corrected chi connectivity index (χ4v) is 4.29. The van der Waals surface area contributed by atoms with Crippen LogP contribution in [0.4, 0.5) is 0 Å². The van der Waals surface area contributed by atoms with E-state index in [1.807, 2.05) is 51.1 Å². The van der Waals surface area contributed by atoms with Gasteiger partial charge < -0.3 is 4.57 Å². The molecule has 0 unspecified atom stereocenters. The summed E-state index contributed by atoms with van der Waals surface area (Å²) in [5, 5.41) is 1.21. The van der Waals surface area contributed by atoms with Gasteiger partial charge in [-0.2, -0.15) is 0 Å².